The number of fused-ring (bicyclic) bond motifs is 1. The summed E-state index contributed by atoms with van der Waals surface area (Å²) in [5.41, 5.74) is 5.01. The summed E-state index contributed by atoms with van der Waals surface area (Å²) in [4.78, 5) is 4.64. The van der Waals surface area contributed by atoms with Crippen LogP contribution >= 0.6 is 23.2 Å². The van der Waals surface area contributed by atoms with E-state index in [0.29, 0.717) is 10.9 Å². The largest absolute Gasteiger partial charge is 0.302 e. The highest BCUT2D eigenvalue weighted by molar-refractivity contribution is 6.30. The van der Waals surface area contributed by atoms with Gasteiger partial charge in [0, 0.05) is 22.8 Å². The highest BCUT2D eigenvalue weighted by atomic mass is 35.5. The van der Waals surface area contributed by atoms with E-state index in [2.05, 4.69) is 36.2 Å². The predicted molar refractivity (Wildman–Crippen MR) is 79.9 cm³/mol. The van der Waals surface area contributed by atoms with Crippen LogP contribution in [0.4, 0.5) is 0 Å². The van der Waals surface area contributed by atoms with Crippen molar-refractivity contribution in [3.63, 3.8) is 0 Å². The summed E-state index contributed by atoms with van der Waals surface area (Å²) in [5.74, 6) is 0.409. The topological polar surface area (TPSA) is 17.3 Å². The number of imidazole rings is 1. The lowest BCUT2D eigenvalue weighted by molar-refractivity contribution is 1.09. The van der Waals surface area contributed by atoms with Crippen molar-refractivity contribution in [1.29, 1.82) is 0 Å². The second kappa shape index (κ2) is 4.87. The van der Waals surface area contributed by atoms with Crippen LogP contribution < -0.4 is 0 Å². The van der Waals surface area contributed by atoms with Crippen molar-refractivity contribution in [2.24, 2.45) is 0 Å². The maximum absolute atomic E-state index is 6.08. The molecule has 2 nitrogen and oxygen atoms in total. The average Bonchev–Trinajstić information content (AvgIpc) is 2.77. The van der Waals surface area contributed by atoms with Gasteiger partial charge in [0.1, 0.15) is 5.65 Å². The second-order valence-corrected chi connectivity index (χ2v) is 5.18. The number of nitrogens with zero attached hydrogens (tertiary/aromatic N) is 2. The van der Waals surface area contributed by atoms with Crippen molar-refractivity contribution >= 4 is 28.8 Å². The van der Waals surface area contributed by atoms with E-state index in [9.17, 15) is 0 Å². The van der Waals surface area contributed by atoms with Crippen LogP contribution in [0.1, 0.15) is 11.3 Å². The molecule has 0 spiro atoms. The zero-order chi connectivity index (χ0) is 13.4. The first-order chi connectivity index (χ1) is 9.19. The Bertz CT molecular complexity index is 730. The summed E-state index contributed by atoms with van der Waals surface area (Å²) >= 11 is 12.1. The Morgan fingerprint density at radius 2 is 1.89 bits per heavy atom. The van der Waals surface area contributed by atoms with E-state index in [0.717, 1.165) is 22.6 Å². The monoisotopic (exact) mass is 290 g/mol. The molecule has 0 fully saturated rings. The Labute approximate surface area is 121 Å². The van der Waals surface area contributed by atoms with E-state index >= 15 is 0 Å². The number of aromatic nitrogens is 2. The van der Waals surface area contributed by atoms with Crippen LogP contribution in [0.25, 0.3) is 16.9 Å². The molecule has 0 bridgehead atoms. The molecular formula is C15H12Cl2N2. The van der Waals surface area contributed by atoms with Crippen LogP contribution in [-0.2, 0) is 5.88 Å². The van der Waals surface area contributed by atoms with Gasteiger partial charge in [-0.1, -0.05) is 41.4 Å². The first-order valence-corrected chi connectivity index (χ1v) is 6.90. The van der Waals surface area contributed by atoms with Gasteiger partial charge in [-0.2, -0.15) is 0 Å². The van der Waals surface area contributed by atoms with Gasteiger partial charge in [-0.25, -0.2) is 4.98 Å². The van der Waals surface area contributed by atoms with Crippen molar-refractivity contribution in [3.05, 3.63) is 58.9 Å². The second-order valence-electron chi connectivity index (χ2n) is 4.48. The zero-order valence-corrected chi connectivity index (χ0v) is 11.9. The highest BCUT2D eigenvalue weighted by Gasteiger charge is 2.13. The van der Waals surface area contributed by atoms with Crippen molar-refractivity contribution < 1.29 is 0 Å². The fourth-order valence-corrected chi connectivity index (χ4v) is 2.55. The summed E-state index contributed by atoms with van der Waals surface area (Å²) in [6.45, 7) is 2.07. The predicted octanol–water partition coefficient (Wildman–Crippen LogP) is 4.70. The van der Waals surface area contributed by atoms with Crippen molar-refractivity contribution in [3.8, 4) is 11.3 Å². The maximum atomic E-state index is 6.08. The Balaban J connectivity index is 2.25. The van der Waals surface area contributed by atoms with Crippen LogP contribution in [0.5, 0.6) is 0 Å². The summed E-state index contributed by atoms with van der Waals surface area (Å²) in [6, 6.07) is 12.0. The number of hydrogen-bond donors (Lipinski definition) is 0. The van der Waals surface area contributed by atoms with Gasteiger partial charge in [0.15, 0.2) is 0 Å². The highest BCUT2D eigenvalue weighted by Crippen LogP contribution is 2.27. The summed E-state index contributed by atoms with van der Waals surface area (Å²) in [7, 11) is 0. The van der Waals surface area contributed by atoms with Crippen LogP contribution in [0.3, 0.4) is 0 Å². The number of alkyl halides is 1. The fourth-order valence-electron chi connectivity index (χ4n) is 2.14. The lowest BCUT2D eigenvalue weighted by Crippen LogP contribution is -1.90. The van der Waals surface area contributed by atoms with Gasteiger partial charge in [0.05, 0.1) is 17.3 Å². The molecule has 0 aliphatic rings. The molecule has 2 aromatic heterocycles. The minimum Gasteiger partial charge on any atom is -0.302 e. The van der Waals surface area contributed by atoms with Gasteiger partial charge in [0.25, 0.3) is 0 Å². The van der Waals surface area contributed by atoms with Gasteiger partial charge < -0.3 is 4.40 Å². The van der Waals surface area contributed by atoms with E-state index in [1.807, 2.05) is 22.7 Å². The van der Waals surface area contributed by atoms with Crippen LogP contribution in [-0.4, -0.2) is 9.38 Å². The first-order valence-electron chi connectivity index (χ1n) is 5.98. The van der Waals surface area contributed by atoms with Crippen molar-refractivity contribution in [2.45, 2.75) is 12.8 Å². The molecule has 0 unspecified atom stereocenters. The third-order valence-electron chi connectivity index (χ3n) is 3.14. The van der Waals surface area contributed by atoms with Crippen molar-refractivity contribution in [1.82, 2.24) is 9.38 Å². The molecule has 0 N–H and O–H groups in total. The van der Waals surface area contributed by atoms with Gasteiger partial charge in [-0.05, 0) is 13.0 Å². The Morgan fingerprint density at radius 1 is 1.16 bits per heavy atom. The standard InChI is InChI=1S/C15H12Cl2N2/c1-10-2-4-11(5-3-10)15-13(9-16)19-7-6-12(17)8-14(19)18-15/h2-8H,9H2,1H3. The first kappa shape index (κ1) is 12.5. The minimum atomic E-state index is 0.409. The number of hydrogen-bond acceptors (Lipinski definition) is 1. The smallest absolute Gasteiger partial charge is 0.139 e. The Hall–Kier alpha value is -1.51. The molecule has 0 aliphatic heterocycles. The minimum absolute atomic E-state index is 0.409. The van der Waals surface area contributed by atoms with Crippen molar-refractivity contribution in [2.75, 3.05) is 0 Å². The third-order valence-corrected chi connectivity index (χ3v) is 3.63. The van der Waals surface area contributed by atoms with E-state index in [1.165, 1.54) is 5.56 Å². The van der Waals surface area contributed by atoms with Gasteiger partial charge in [0.2, 0.25) is 0 Å². The molecule has 0 saturated heterocycles. The van der Waals surface area contributed by atoms with Gasteiger partial charge in [-0.15, -0.1) is 11.6 Å². The van der Waals surface area contributed by atoms with Gasteiger partial charge in [-0.3, -0.25) is 0 Å². The summed E-state index contributed by atoms with van der Waals surface area (Å²) < 4.78 is 1.98. The lowest BCUT2D eigenvalue weighted by Gasteiger charge is -2.02. The van der Waals surface area contributed by atoms with E-state index in [4.69, 9.17) is 23.2 Å². The molecule has 19 heavy (non-hydrogen) atoms. The van der Waals surface area contributed by atoms with E-state index < -0.39 is 0 Å². The molecule has 0 amide bonds. The molecular weight excluding hydrogens is 279 g/mol. The Morgan fingerprint density at radius 3 is 2.58 bits per heavy atom. The molecule has 0 radical (unpaired) electrons. The van der Waals surface area contributed by atoms with Crippen LogP contribution in [0, 0.1) is 6.92 Å². The molecule has 0 aliphatic carbocycles. The van der Waals surface area contributed by atoms with E-state index in [1.54, 1.807) is 0 Å². The SMILES string of the molecule is Cc1ccc(-c2nc3cc(Cl)ccn3c2CCl)cc1. The average molecular weight is 291 g/mol. The molecule has 3 aromatic rings. The van der Waals surface area contributed by atoms with E-state index in [-0.39, 0.29) is 0 Å². The third kappa shape index (κ3) is 2.22. The summed E-state index contributed by atoms with van der Waals surface area (Å²) in [6.07, 6.45) is 1.90. The fraction of sp³-hybridized carbons (Fsp3) is 0.133. The maximum Gasteiger partial charge on any atom is 0.139 e. The molecule has 1 aromatic carbocycles. The summed E-state index contributed by atoms with van der Waals surface area (Å²) in [5, 5.41) is 0.675. The quantitative estimate of drug-likeness (QED) is 0.625. The number of pyridine rings is 1. The van der Waals surface area contributed by atoms with Crippen LogP contribution in [0.15, 0.2) is 42.6 Å². The molecule has 4 heteroatoms. The number of aryl methyl sites for hydroxylation is 1. The Kier molecular flexibility index (Phi) is 3.21. The number of rotatable bonds is 2. The number of halogens is 2. The lowest BCUT2D eigenvalue weighted by atomic mass is 10.1. The molecule has 2 heterocycles. The normalized spacial score (nSPS) is 11.1. The number of benzene rings is 1. The zero-order valence-electron chi connectivity index (χ0n) is 10.4. The molecule has 0 atom stereocenters. The molecule has 3 rings (SSSR count). The molecule has 96 valence electrons. The van der Waals surface area contributed by atoms with Crippen LogP contribution in [0.2, 0.25) is 5.02 Å². The molecule has 0 saturated carbocycles. The van der Waals surface area contributed by atoms with Gasteiger partial charge >= 0.3 is 0 Å².